The molecule has 0 N–H and O–H groups in total. The van der Waals surface area contributed by atoms with Crippen LogP contribution in [0.25, 0.3) is 20.9 Å². The Labute approximate surface area is 136 Å². The molecule has 0 saturated carbocycles. The maximum absolute atomic E-state index is 13.8. The Kier molecular flexibility index (Phi) is 4.30. The summed E-state index contributed by atoms with van der Waals surface area (Å²) in [5.74, 6) is -0.392. The van der Waals surface area contributed by atoms with Crippen LogP contribution in [0.3, 0.4) is 0 Å². The van der Waals surface area contributed by atoms with Gasteiger partial charge in [-0.2, -0.15) is 0 Å². The van der Waals surface area contributed by atoms with Crippen LogP contribution in [0.15, 0.2) is 48.5 Å². The molecule has 0 saturated heterocycles. The summed E-state index contributed by atoms with van der Waals surface area (Å²) in [6, 6.07) is 13.4. The lowest BCUT2D eigenvalue weighted by molar-refractivity contribution is 0.386. The molecule has 1 aromatic heterocycles. The third kappa shape index (κ3) is 3.05. The highest BCUT2D eigenvalue weighted by molar-refractivity contribution is 7.18. The summed E-state index contributed by atoms with van der Waals surface area (Å²) < 4.78 is 37.5. The molecular formula is C18H14F2O2S. The zero-order valence-electron chi connectivity index (χ0n) is 12.6. The van der Waals surface area contributed by atoms with Gasteiger partial charge in [0.05, 0.1) is 14.2 Å². The van der Waals surface area contributed by atoms with E-state index < -0.39 is 11.6 Å². The van der Waals surface area contributed by atoms with E-state index >= 15 is 0 Å². The van der Waals surface area contributed by atoms with Crippen molar-refractivity contribution >= 4 is 11.3 Å². The smallest absolute Gasteiger partial charge is 0.165 e. The number of hydrogen-bond donors (Lipinski definition) is 0. The predicted octanol–water partition coefficient (Wildman–Crippen LogP) is 5.38. The SMILES string of the molecule is COc1ccc(-c2ccc(-c3ccc(OC)c(F)c3)s2)cc1F. The lowest BCUT2D eigenvalue weighted by atomic mass is 10.1. The van der Waals surface area contributed by atoms with Gasteiger partial charge in [-0.15, -0.1) is 11.3 Å². The molecule has 3 rings (SSSR count). The summed E-state index contributed by atoms with van der Waals surface area (Å²) in [5, 5.41) is 0. The van der Waals surface area contributed by atoms with E-state index in [1.165, 1.54) is 37.7 Å². The Balaban J connectivity index is 1.94. The van der Waals surface area contributed by atoms with Crippen LogP contribution in [-0.2, 0) is 0 Å². The highest BCUT2D eigenvalue weighted by atomic mass is 32.1. The Morgan fingerprint density at radius 1 is 0.696 bits per heavy atom. The second kappa shape index (κ2) is 6.38. The fourth-order valence-electron chi connectivity index (χ4n) is 2.29. The van der Waals surface area contributed by atoms with Crippen LogP contribution < -0.4 is 9.47 Å². The first-order valence-electron chi connectivity index (χ1n) is 6.90. The van der Waals surface area contributed by atoms with E-state index in [-0.39, 0.29) is 11.5 Å². The molecule has 0 aliphatic rings. The predicted molar refractivity (Wildman–Crippen MR) is 88.2 cm³/mol. The van der Waals surface area contributed by atoms with E-state index in [4.69, 9.17) is 9.47 Å². The molecule has 5 heteroatoms. The van der Waals surface area contributed by atoms with E-state index in [0.29, 0.717) is 0 Å². The maximum Gasteiger partial charge on any atom is 0.165 e. The quantitative estimate of drug-likeness (QED) is 0.639. The second-order valence-corrected chi connectivity index (χ2v) is 5.95. The van der Waals surface area contributed by atoms with Gasteiger partial charge in [-0.1, -0.05) is 0 Å². The van der Waals surface area contributed by atoms with Crippen LogP contribution in [0.1, 0.15) is 0 Å². The van der Waals surface area contributed by atoms with Gasteiger partial charge in [0.1, 0.15) is 0 Å². The number of rotatable bonds is 4. The highest BCUT2D eigenvalue weighted by Gasteiger charge is 2.10. The van der Waals surface area contributed by atoms with Crippen LogP contribution in [0.2, 0.25) is 0 Å². The van der Waals surface area contributed by atoms with Crippen LogP contribution in [0.4, 0.5) is 8.78 Å². The van der Waals surface area contributed by atoms with Gasteiger partial charge in [0.25, 0.3) is 0 Å². The Bertz CT molecular complexity index is 775. The summed E-state index contributed by atoms with van der Waals surface area (Å²) in [5.41, 5.74) is 1.52. The van der Waals surface area contributed by atoms with Crippen LogP contribution in [0, 0.1) is 11.6 Å². The van der Waals surface area contributed by atoms with Crippen molar-refractivity contribution < 1.29 is 18.3 Å². The van der Waals surface area contributed by atoms with Crippen LogP contribution in [0.5, 0.6) is 11.5 Å². The first-order chi connectivity index (χ1) is 11.1. The second-order valence-electron chi connectivity index (χ2n) is 4.86. The normalized spacial score (nSPS) is 10.6. The van der Waals surface area contributed by atoms with E-state index in [1.807, 2.05) is 12.1 Å². The molecule has 0 spiro atoms. The topological polar surface area (TPSA) is 18.5 Å². The molecule has 0 atom stereocenters. The third-order valence-electron chi connectivity index (χ3n) is 3.48. The lowest BCUT2D eigenvalue weighted by Crippen LogP contribution is -1.87. The van der Waals surface area contributed by atoms with E-state index in [2.05, 4.69) is 0 Å². The summed E-state index contributed by atoms with van der Waals surface area (Å²) in [7, 11) is 2.86. The number of thiophene rings is 1. The molecule has 0 aliphatic heterocycles. The molecule has 0 fully saturated rings. The Morgan fingerprint density at radius 3 is 1.48 bits per heavy atom. The number of hydrogen-bond acceptors (Lipinski definition) is 3. The molecule has 1 heterocycles. The Hall–Kier alpha value is -2.40. The molecule has 0 amide bonds. The van der Waals surface area contributed by atoms with Crippen molar-refractivity contribution in [2.75, 3.05) is 14.2 Å². The summed E-state index contributed by atoms with van der Waals surface area (Å²) >= 11 is 1.47. The van der Waals surface area contributed by atoms with Gasteiger partial charge in [0, 0.05) is 9.75 Å². The van der Waals surface area contributed by atoms with Crippen molar-refractivity contribution in [3.63, 3.8) is 0 Å². The van der Waals surface area contributed by atoms with Gasteiger partial charge in [-0.3, -0.25) is 0 Å². The van der Waals surface area contributed by atoms with Crippen molar-refractivity contribution in [2.24, 2.45) is 0 Å². The first-order valence-corrected chi connectivity index (χ1v) is 7.71. The van der Waals surface area contributed by atoms with Crippen LogP contribution >= 0.6 is 11.3 Å². The molecule has 0 radical (unpaired) electrons. The average Bonchev–Trinajstić information content (AvgIpc) is 3.04. The number of benzene rings is 2. The van der Waals surface area contributed by atoms with Crippen molar-refractivity contribution in [1.82, 2.24) is 0 Å². The molecule has 0 bridgehead atoms. The first kappa shape index (κ1) is 15.5. The van der Waals surface area contributed by atoms with Crippen molar-refractivity contribution in [1.29, 1.82) is 0 Å². The fourth-order valence-corrected chi connectivity index (χ4v) is 3.29. The van der Waals surface area contributed by atoms with Crippen molar-refractivity contribution in [3.05, 3.63) is 60.2 Å². The number of ether oxygens (including phenoxy) is 2. The minimum absolute atomic E-state index is 0.211. The maximum atomic E-state index is 13.8. The van der Waals surface area contributed by atoms with Gasteiger partial charge in [0.15, 0.2) is 23.1 Å². The molecule has 118 valence electrons. The number of methoxy groups -OCH3 is 2. The standard InChI is InChI=1S/C18H14F2O2S/c1-21-15-5-3-11(9-13(15)19)17-7-8-18(23-17)12-4-6-16(22-2)14(20)10-12/h3-10H,1-2H3. The highest BCUT2D eigenvalue weighted by Crippen LogP contribution is 2.36. The van der Waals surface area contributed by atoms with E-state index in [1.54, 1.807) is 24.3 Å². The zero-order valence-corrected chi connectivity index (χ0v) is 13.4. The van der Waals surface area contributed by atoms with Gasteiger partial charge < -0.3 is 9.47 Å². The van der Waals surface area contributed by atoms with Gasteiger partial charge >= 0.3 is 0 Å². The summed E-state index contributed by atoms with van der Waals surface area (Å²) in [6.07, 6.45) is 0. The van der Waals surface area contributed by atoms with Crippen molar-refractivity contribution in [2.45, 2.75) is 0 Å². The largest absolute Gasteiger partial charge is 0.494 e. The monoisotopic (exact) mass is 332 g/mol. The Morgan fingerprint density at radius 2 is 1.13 bits per heavy atom. The van der Waals surface area contributed by atoms with Crippen molar-refractivity contribution in [3.8, 4) is 32.4 Å². The average molecular weight is 332 g/mol. The molecule has 23 heavy (non-hydrogen) atoms. The molecular weight excluding hydrogens is 318 g/mol. The third-order valence-corrected chi connectivity index (χ3v) is 4.66. The summed E-state index contributed by atoms with van der Waals surface area (Å²) in [6.45, 7) is 0. The van der Waals surface area contributed by atoms with E-state index in [0.717, 1.165) is 20.9 Å². The van der Waals surface area contributed by atoms with Crippen LogP contribution in [-0.4, -0.2) is 14.2 Å². The molecule has 3 aromatic rings. The van der Waals surface area contributed by atoms with E-state index in [9.17, 15) is 8.78 Å². The molecule has 2 nitrogen and oxygen atoms in total. The van der Waals surface area contributed by atoms with Gasteiger partial charge in [-0.05, 0) is 59.7 Å². The van der Waals surface area contributed by atoms with Gasteiger partial charge in [-0.25, -0.2) is 8.78 Å². The fraction of sp³-hybridized carbons (Fsp3) is 0.111. The minimum Gasteiger partial charge on any atom is -0.494 e. The molecule has 2 aromatic carbocycles. The zero-order chi connectivity index (χ0) is 16.4. The summed E-state index contributed by atoms with van der Waals surface area (Å²) in [4.78, 5) is 1.80. The lowest BCUT2D eigenvalue weighted by Gasteiger charge is -2.04. The number of halogens is 2. The molecule has 0 unspecified atom stereocenters. The minimum atomic E-state index is -0.407. The van der Waals surface area contributed by atoms with Gasteiger partial charge in [0.2, 0.25) is 0 Å². The molecule has 0 aliphatic carbocycles.